The number of nitrogen functional groups attached to an aromatic ring is 1. The van der Waals surface area contributed by atoms with E-state index in [-0.39, 0.29) is 40.0 Å². The Morgan fingerprint density at radius 1 is 1.34 bits per heavy atom. The molecule has 1 saturated heterocycles. The van der Waals surface area contributed by atoms with Crippen LogP contribution in [0.3, 0.4) is 0 Å². The van der Waals surface area contributed by atoms with Crippen molar-refractivity contribution in [3.8, 4) is 11.5 Å². The lowest BCUT2D eigenvalue weighted by molar-refractivity contribution is 0.143. The molecule has 1 aromatic carbocycles. The Bertz CT molecular complexity index is 1140. The second-order valence-corrected chi connectivity index (χ2v) is 9.07. The monoisotopic (exact) mass is 448 g/mol. The van der Waals surface area contributed by atoms with E-state index in [4.69, 9.17) is 15.6 Å². The molecule has 1 saturated carbocycles. The minimum Gasteiger partial charge on any atom is -0.492 e. The molecular formula is C22H29FN4O5. The molecule has 0 radical (unpaired) electrons. The summed E-state index contributed by atoms with van der Waals surface area (Å²) in [6.07, 6.45) is 2.26. The number of nitrogens with one attached hydrogen (secondary N) is 1. The number of hydrogen-bond donors (Lipinski definition) is 3. The van der Waals surface area contributed by atoms with Gasteiger partial charge in [0.2, 0.25) is 5.43 Å². The van der Waals surface area contributed by atoms with Crippen molar-refractivity contribution in [1.82, 2.24) is 9.88 Å². The highest BCUT2D eigenvalue weighted by Crippen LogP contribution is 2.47. The van der Waals surface area contributed by atoms with Crippen molar-refractivity contribution in [2.24, 2.45) is 5.92 Å². The maximum atomic E-state index is 15.7. The van der Waals surface area contributed by atoms with Crippen molar-refractivity contribution in [2.75, 3.05) is 37.9 Å². The number of methoxy groups -OCH3 is 1. The van der Waals surface area contributed by atoms with Crippen molar-refractivity contribution in [2.45, 2.75) is 44.7 Å². The summed E-state index contributed by atoms with van der Waals surface area (Å²) in [5, 5.41) is 12.2. The Balaban J connectivity index is 1.95. The number of nitrogens with two attached hydrogens (primary N) is 1. The van der Waals surface area contributed by atoms with E-state index in [1.54, 1.807) is 4.57 Å². The number of carboxylic acid groups (broad SMARTS) is 1. The summed E-state index contributed by atoms with van der Waals surface area (Å²) in [4.78, 5) is 26.0. The van der Waals surface area contributed by atoms with Crippen molar-refractivity contribution in [3.05, 3.63) is 22.2 Å². The molecule has 0 bridgehead atoms. The van der Waals surface area contributed by atoms with Gasteiger partial charge in [-0.25, -0.2) is 9.18 Å². The van der Waals surface area contributed by atoms with Crippen molar-refractivity contribution < 1.29 is 23.8 Å². The number of hydrogen-bond acceptors (Lipinski definition) is 7. The fourth-order valence-corrected chi connectivity index (χ4v) is 4.58. The van der Waals surface area contributed by atoms with E-state index in [0.29, 0.717) is 18.6 Å². The molecule has 1 atom stereocenters. The maximum Gasteiger partial charge on any atom is 0.511 e. The molecule has 0 spiro atoms. The van der Waals surface area contributed by atoms with E-state index in [0.717, 1.165) is 19.3 Å². The lowest BCUT2D eigenvalue weighted by Crippen LogP contribution is -2.45. The minimum atomic E-state index is -1.62. The van der Waals surface area contributed by atoms with Gasteiger partial charge in [0, 0.05) is 24.7 Å². The second kappa shape index (κ2) is 7.84. The van der Waals surface area contributed by atoms with Crippen LogP contribution in [0.25, 0.3) is 10.9 Å². The number of rotatable bonds is 6. The van der Waals surface area contributed by atoms with E-state index in [9.17, 15) is 9.59 Å². The summed E-state index contributed by atoms with van der Waals surface area (Å²) in [6.45, 7) is 5.43. The van der Waals surface area contributed by atoms with Crippen molar-refractivity contribution in [3.63, 3.8) is 0 Å². The van der Waals surface area contributed by atoms with Crippen LogP contribution in [0.1, 0.15) is 39.2 Å². The first kappa shape index (κ1) is 22.2. The summed E-state index contributed by atoms with van der Waals surface area (Å²) < 4.78 is 27.8. The number of anilines is 2. The number of halogens is 1. The number of nitrogens with zero attached hydrogens (tertiary/aromatic N) is 2. The van der Waals surface area contributed by atoms with Gasteiger partial charge in [-0.05, 0) is 46.1 Å². The van der Waals surface area contributed by atoms with Gasteiger partial charge in [-0.3, -0.25) is 4.79 Å². The Hall–Kier alpha value is -3.01. The lowest BCUT2D eigenvalue weighted by atomic mass is 9.87. The van der Waals surface area contributed by atoms with Gasteiger partial charge in [0.15, 0.2) is 17.3 Å². The fourth-order valence-electron chi connectivity index (χ4n) is 4.58. The number of aromatic nitrogens is 1. The summed E-state index contributed by atoms with van der Waals surface area (Å²) >= 11 is 0. The maximum absolute atomic E-state index is 15.7. The molecule has 2 heterocycles. The predicted octanol–water partition coefficient (Wildman–Crippen LogP) is 2.95. The first-order valence-electron chi connectivity index (χ1n) is 10.7. The Morgan fingerprint density at radius 2 is 2.03 bits per heavy atom. The van der Waals surface area contributed by atoms with Crippen LogP contribution in [0.4, 0.5) is 20.6 Å². The lowest BCUT2D eigenvalue weighted by Gasteiger charge is -2.32. The molecule has 1 aliphatic heterocycles. The van der Waals surface area contributed by atoms with E-state index in [2.05, 4.69) is 23.9 Å². The van der Waals surface area contributed by atoms with E-state index < -0.39 is 23.2 Å². The quantitative estimate of drug-likeness (QED) is 0.456. The normalized spacial score (nSPS) is 18.9. The van der Waals surface area contributed by atoms with Crippen molar-refractivity contribution >= 4 is 28.4 Å². The molecule has 0 unspecified atom stereocenters. The average molecular weight is 448 g/mol. The van der Waals surface area contributed by atoms with Crippen LogP contribution in [0.2, 0.25) is 0 Å². The van der Waals surface area contributed by atoms with Gasteiger partial charge in [-0.1, -0.05) is 0 Å². The Labute approximate surface area is 184 Å². The fraction of sp³-hybridized carbons (Fsp3) is 0.545. The first-order chi connectivity index (χ1) is 15.1. The molecular weight excluding hydrogens is 419 g/mol. The van der Waals surface area contributed by atoms with Gasteiger partial charge in [0.1, 0.15) is 5.69 Å². The SMILES string of the molecule is CNC(C)(C)[C@H]1CCN(c2c(F)c(N)c3c(=O)c(OC(=O)O)cn(C4CC4)c3c2OC)C1. The third-order valence-electron chi connectivity index (χ3n) is 6.86. The summed E-state index contributed by atoms with van der Waals surface area (Å²) in [7, 11) is 3.34. The standard InChI is InChI=1S/C22H29FN4O5/c1-22(2,25-3)11-7-8-26(9-11)18-15(23)16(24)14-17(20(18)31-4)27(12-5-6-12)10-13(19(14)28)32-21(29)30/h10-12,25H,5-9,24H2,1-4H3,(H,29,30)/t11-/m0/s1. The van der Waals surface area contributed by atoms with Crippen LogP contribution in [-0.2, 0) is 0 Å². The Morgan fingerprint density at radius 3 is 2.59 bits per heavy atom. The summed E-state index contributed by atoms with van der Waals surface area (Å²) in [5.41, 5.74) is 5.50. The highest BCUT2D eigenvalue weighted by atomic mass is 19.1. The van der Waals surface area contributed by atoms with E-state index in [1.165, 1.54) is 13.3 Å². The molecule has 1 aliphatic carbocycles. The molecule has 4 rings (SSSR count). The Kier molecular flexibility index (Phi) is 5.44. The van der Waals surface area contributed by atoms with Gasteiger partial charge in [0.05, 0.1) is 29.9 Å². The van der Waals surface area contributed by atoms with E-state index in [1.807, 2.05) is 11.9 Å². The molecule has 4 N–H and O–H groups in total. The number of carbonyl (C=O) groups is 1. The summed E-state index contributed by atoms with van der Waals surface area (Å²) in [6, 6.07) is 0.0235. The zero-order chi connectivity index (χ0) is 23.4. The van der Waals surface area contributed by atoms with Gasteiger partial charge in [-0.2, -0.15) is 0 Å². The third-order valence-corrected chi connectivity index (χ3v) is 6.86. The van der Waals surface area contributed by atoms with Crippen LogP contribution in [-0.4, -0.2) is 48.6 Å². The zero-order valence-electron chi connectivity index (χ0n) is 18.7. The van der Waals surface area contributed by atoms with Gasteiger partial charge in [-0.15, -0.1) is 0 Å². The molecule has 2 aliphatic rings. The minimum absolute atomic E-state index is 0.0235. The van der Waals surface area contributed by atoms with Crippen LogP contribution in [0, 0.1) is 11.7 Å². The van der Waals surface area contributed by atoms with Crippen LogP contribution < -0.4 is 30.9 Å². The predicted molar refractivity (Wildman–Crippen MR) is 120 cm³/mol. The number of fused-ring (bicyclic) bond motifs is 1. The second-order valence-electron chi connectivity index (χ2n) is 9.07. The average Bonchev–Trinajstić information content (AvgIpc) is 3.47. The highest BCUT2D eigenvalue weighted by Gasteiger charge is 2.38. The van der Waals surface area contributed by atoms with Crippen molar-refractivity contribution in [1.29, 1.82) is 0 Å². The van der Waals surface area contributed by atoms with Crippen LogP contribution >= 0.6 is 0 Å². The largest absolute Gasteiger partial charge is 0.511 e. The number of pyridine rings is 1. The first-order valence-corrected chi connectivity index (χ1v) is 10.7. The molecule has 10 heteroatoms. The molecule has 32 heavy (non-hydrogen) atoms. The van der Waals surface area contributed by atoms with Crippen LogP contribution in [0.5, 0.6) is 11.5 Å². The smallest absolute Gasteiger partial charge is 0.492 e. The summed E-state index contributed by atoms with van der Waals surface area (Å²) in [5.74, 6) is -0.662. The molecule has 174 valence electrons. The van der Waals surface area contributed by atoms with Gasteiger partial charge < -0.3 is 35.1 Å². The molecule has 1 aromatic heterocycles. The van der Waals surface area contributed by atoms with E-state index >= 15 is 4.39 Å². The molecule has 9 nitrogen and oxygen atoms in total. The zero-order valence-corrected chi connectivity index (χ0v) is 18.7. The molecule has 2 aromatic rings. The number of ether oxygens (including phenoxy) is 2. The van der Waals surface area contributed by atoms with Crippen LogP contribution in [0.15, 0.2) is 11.0 Å². The van der Waals surface area contributed by atoms with Gasteiger partial charge in [0.25, 0.3) is 0 Å². The molecule has 0 amide bonds. The highest BCUT2D eigenvalue weighted by molar-refractivity contribution is 6.01. The topological polar surface area (TPSA) is 119 Å². The third kappa shape index (κ3) is 3.52. The van der Waals surface area contributed by atoms with Gasteiger partial charge >= 0.3 is 6.16 Å². The molecule has 2 fully saturated rings. The number of benzene rings is 1.